The molecule has 0 aliphatic carbocycles. The van der Waals surface area contributed by atoms with Crippen LogP contribution in [0.4, 0.5) is 0 Å². The Balaban J connectivity index is 1.85. The van der Waals surface area contributed by atoms with Crippen LogP contribution in [0.5, 0.6) is 0 Å². The van der Waals surface area contributed by atoms with E-state index < -0.39 is 5.54 Å². The zero-order valence-corrected chi connectivity index (χ0v) is 14.5. The maximum atomic E-state index is 12.7. The van der Waals surface area contributed by atoms with E-state index in [1.54, 1.807) is 23.5 Å². The number of thiazole rings is 1. The highest BCUT2D eigenvalue weighted by atomic mass is 32.1. The van der Waals surface area contributed by atoms with Crippen LogP contribution in [0.15, 0.2) is 36.0 Å². The lowest BCUT2D eigenvalue weighted by atomic mass is 9.99. The molecule has 0 bridgehead atoms. The predicted molar refractivity (Wildman–Crippen MR) is 91.1 cm³/mol. The van der Waals surface area contributed by atoms with Crippen molar-refractivity contribution in [2.24, 2.45) is 0 Å². The molecule has 2 aromatic heterocycles. The standard InChI is InChI=1S/C16H18N6OS/c1-4-16(3,15-18-11(2)9-24-15)19-14(23)12-6-5-7-13(8-12)22-10-17-20-21-22/h5-10H,4H2,1-3H3,(H,19,23). The fourth-order valence-corrected chi connectivity index (χ4v) is 3.28. The van der Waals surface area contributed by atoms with Gasteiger partial charge in [-0.1, -0.05) is 13.0 Å². The molecule has 0 radical (unpaired) electrons. The van der Waals surface area contributed by atoms with Gasteiger partial charge >= 0.3 is 0 Å². The predicted octanol–water partition coefficient (Wildman–Crippen LogP) is 2.48. The van der Waals surface area contributed by atoms with Gasteiger partial charge in [0.2, 0.25) is 0 Å². The first kappa shape index (κ1) is 16.3. The summed E-state index contributed by atoms with van der Waals surface area (Å²) in [4.78, 5) is 17.3. The highest BCUT2D eigenvalue weighted by Gasteiger charge is 2.30. The number of hydrogen-bond donors (Lipinski definition) is 1. The van der Waals surface area contributed by atoms with Crippen molar-refractivity contribution >= 4 is 17.2 Å². The Labute approximate surface area is 143 Å². The molecule has 1 unspecified atom stereocenters. The number of nitrogens with one attached hydrogen (secondary N) is 1. The largest absolute Gasteiger partial charge is 0.340 e. The van der Waals surface area contributed by atoms with E-state index in [9.17, 15) is 4.79 Å². The molecule has 1 atom stereocenters. The van der Waals surface area contributed by atoms with Gasteiger partial charge in [0.1, 0.15) is 11.3 Å². The number of amides is 1. The molecular weight excluding hydrogens is 324 g/mol. The minimum atomic E-state index is -0.499. The van der Waals surface area contributed by atoms with Gasteiger partial charge in [0.05, 0.1) is 11.2 Å². The lowest BCUT2D eigenvalue weighted by Crippen LogP contribution is -2.43. The SMILES string of the molecule is CCC(C)(NC(=O)c1cccc(-n2cnnn2)c1)c1nc(C)cs1. The number of nitrogens with zero attached hydrogens (tertiary/aromatic N) is 5. The third kappa shape index (κ3) is 3.18. The summed E-state index contributed by atoms with van der Waals surface area (Å²) in [5, 5.41) is 17.1. The molecule has 0 saturated carbocycles. The van der Waals surface area contributed by atoms with E-state index in [4.69, 9.17) is 0 Å². The van der Waals surface area contributed by atoms with E-state index >= 15 is 0 Å². The van der Waals surface area contributed by atoms with Crippen molar-refractivity contribution in [3.8, 4) is 5.69 Å². The Morgan fingerprint density at radius 1 is 1.42 bits per heavy atom. The van der Waals surface area contributed by atoms with Gasteiger partial charge in [0.15, 0.2) is 0 Å². The third-order valence-corrected chi connectivity index (χ3v) is 5.13. The molecule has 0 saturated heterocycles. The molecule has 1 N–H and O–H groups in total. The topological polar surface area (TPSA) is 85.6 Å². The number of tetrazole rings is 1. The Hall–Kier alpha value is -2.61. The van der Waals surface area contributed by atoms with Crippen LogP contribution in [0.2, 0.25) is 0 Å². The number of carbonyl (C=O) groups is 1. The maximum absolute atomic E-state index is 12.7. The average Bonchev–Trinajstić information content (AvgIpc) is 3.26. The Morgan fingerprint density at radius 3 is 2.88 bits per heavy atom. The Kier molecular flexibility index (Phi) is 4.39. The molecule has 3 rings (SSSR count). The fourth-order valence-electron chi connectivity index (χ4n) is 2.29. The first-order chi connectivity index (χ1) is 11.5. The smallest absolute Gasteiger partial charge is 0.252 e. The average molecular weight is 342 g/mol. The van der Waals surface area contributed by atoms with Crippen molar-refractivity contribution in [3.63, 3.8) is 0 Å². The second-order valence-electron chi connectivity index (χ2n) is 5.74. The van der Waals surface area contributed by atoms with Gasteiger partial charge in [-0.3, -0.25) is 4.79 Å². The number of hydrogen-bond acceptors (Lipinski definition) is 6. The molecule has 1 amide bonds. The van der Waals surface area contributed by atoms with Gasteiger partial charge in [-0.15, -0.1) is 16.4 Å². The lowest BCUT2D eigenvalue weighted by Gasteiger charge is -2.27. The van der Waals surface area contributed by atoms with Crippen LogP contribution in [0.25, 0.3) is 5.69 Å². The zero-order chi connectivity index (χ0) is 17.2. The van der Waals surface area contributed by atoms with Crippen LogP contribution in [0.1, 0.15) is 41.3 Å². The highest BCUT2D eigenvalue weighted by Crippen LogP contribution is 2.28. The molecule has 124 valence electrons. The van der Waals surface area contributed by atoms with Crippen molar-refractivity contribution in [1.29, 1.82) is 0 Å². The number of carbonyl (C=O) groups excluding carboxylic acids is 1. The zero-order valence-electron chi connectivity index (χ0n) is 13.7. The van der Waals surface area contributed by atoms with E-state index in [0.29, 0.717) is 5.56 Å². The first-order valence-electron chi connectivity index (χ1n) is 7.60. The van der Waals surface area contributed by atoms with Crippen LogP contribution >= 0.6 is 11.3 Å². The van der Waals surface area contributed by atoms with Gasteiger partial charge in [-0.2, -0.15) is 0 Å². The van der Waals surface area contributed by atoms with Gasteiger partial charge in [-0.05, 0) is 48.9 Å². The first-order valence-corrected chi connectivity index (χ1v) is 8.48. The summed E-state index contributed by atoms with van der Waals surface area (Å²) in [5.41, 5.74) is 1.75. The highest BCUT2D eigenvalue weighted by molar-refractivity contribution is 7.09. The van der Waals surface area contributed by atoms with Crippen LogP contribution in [0.3, 0.4) is 0 Å². The Morgan fingerprint density at radius 2 is 2.25 bits per heavy atom. The quantitative estimate of drug-likeness (QED) is 0.770. The van der Waals surface area contributed by atoms with E-state index in [-0.39, 0.29) is 5.91 Å². The third-order valence-electron chi connectivity index (χ3n) is 3.91. The fraction of sp³-hybridized carbons (Fsp3) is 0.312. The van der Waals surface area contributed by atoms with E-state index in [0.717, 1.165) is 22.8 Å². The van der Waals surface area contributed by atoms with E-state index in [2.05, 4.69) is 25.8 Å². The molecule has 1 aromatic carbocycles. The van der Waals surface area contributed by atoms with Crippen LogP contribution in [-0.4, -0.2) is 31.1 Å². The molecule has 2 heterocycles. The van der Waals surface area contributed by atoms with Crippen LogP contribution < -0.4 is 5.32 Å². The van der Waals surface area contributed by atoms with E-state index in [1.807, 2.05) is 38.3 Å². The molecule has 7 nitrogen and oxygen atoms in total. The second-order valence-corrected chi connectivity index (χ2v) is 6.60. The summed E-state index contributed by atoms with van der Waals surface area (Å²) in [6.45, 7) is 5.98. The Bertz CT molecular complexity index is 844. The van der Waals surface area contributed by atoms with Gasteiger partial charge < -0.3 is 5.32 Å². The molecule has 0 spiro atoms. The second kappa shape index (κ2) is 6.48. The van der Waals surface area contributed by atoms with Gasteiger partial charge in [-0.25, -0.2) is 9.67 Å². The molecule has 3 aromatic rings. The summed E-state index contributed by atoms with van der Waals surface area (Å²) in [6.07, 6.45) is 2.24. The number of aromatic nitrogens is 5. The van der Waals surface area contributed by atoms with Gasteiger partial charge in [0.25, 0.3) is 5.91 Å². The summed E-state index contributed by atoms with van der Waals surface area (Å²) in [6, 6.07) is 7.18. The normalized spacial score (nSPS) is 13.5. The molecule has 0 aliphatic heterocycles. The summed E-state index contributed by atoms with van der Waals surface area (Å²) in [5.74, 6) is -0.151. The molecule has 24 heavy (non-hydrogen) atoms. The van der Waals surface area contributed by atoms with Crippen molar-refractivity contribution in [2.75, 3.05) is 0 Å². The van der Waals surface area contributed by atoms with Crippen molar-refractivity contribution in [2.45, 2.75) is 32.7 Å². The lowest BCUT2D eigenvalue weighted by molar-refractivity contribution is 0.0902. The van der Waals surface area contributed by atoms with Crippen molar-refractivity contribution in [1.82, 2.24) is 30.5 Å². The van der Waals surface area contributed by atoms with Crippen LogP contribution in [0, 0.1) is 6.92 Å². The van der Waals surface area contributed by atoms with Crippen molar-refractivity contribution in [3.05, 3.63) is 52.2 Å². The minimum Gasteiger partial charge on any atom is -0.340 e. The monoisotopic (exact) mass is 342 g/mol. The molecule has 0 aliphatic rings. The molecule has 8 heteroatoms. The molecule has 0 fully saturated rings. The van der Waals surface area contributed by atoms with E-state index in [1.165, 1.54) is 11.0 Å². The minimum absolute atomic E-state index is 0.151. The number of aryl methyl sites for hydroxylation is 1. The molecular formula is C16H18N6OS. The maximum Gasteiger partial charge on any atom is 0.252 e. The van der Waals surface area contributed by atoms with Crippen molar-refractivity contribution < 1.29 is 4.79 Å². The number of rotatable bonds is 5. The summed E-state index contributed by atoms with van der Waals surface area (Å²) >= 11 is 1.56. The van der Waals surface area contributed by atoms with Gasteiger partial charge in [0, 0.05) is 16.6 Å². The summed E-state index contributed by atoms with van der Waals surface area (Å²) in [7, 11) is 0. The number of benzene rings is 1. The summed E-state index contributed by atoms with van der Waals surface area (Å²) < 4.78 is 1.51. The van der Waals surface area contributed by atoms with Crippen LogP contribution in [-0.2, 0) is 5.54 Å².